The molecule has 1 aliphatic heterocycles. The number of aryl methyl sites for hydroxylation is 1. The lowest BCUT2D eigenvalue weighted by Crippen LogP contribution is -2.31. The Morgan fingerprint density at radius 1 is 0.821 bits per heavy atom. The van der Waals surface area contributed by atoms with Crippen molar-refractivity contribution in [1.82, 2.24) is 24.6 Å². The molecule has 0 spiro atoms. The number of benzene rings is 3. The third-order valence-corrected chi connectivity index (χ3v) is 7.37. The van der Waals surface area contributed by atoms with E-state index in [-0.39, 0.29) is 0 Å². The Bertz CT molecular complexity index is 1550. The minimum Gasteiger partial charge on any atom is -0.497 e. The van der Waals surface area contributed by atoms with Crippen LogP contribution in [-0.4, -0.2) is 57.9 Å². The van der Waals surface area contributed by atoms with E-state index in [4.69, 9.17) is 19.8 Å². The Balaban J connectivity index is 1.31. The first-order chi connectivity index (χ1) is 19.2. The van der Waals surface area contributed by atoms with Crippen LogP contribution in [0.25, 0.3) is 16.7 Å². The summed E-state index contributed by atoms with van der Waals surface area (Å²) in [5, 5.41) is 5.75. The standard InChI is InChI=1S/C32H34N6O/c1-24-12-14-25(15-13-24)21-30-34-31(29-22-33-38(32(29)35-30)27-9-4-3-5-10-27)37-17-7-16-36(18-19-37)23-26-8-6-11-28(20-26)39-2/h3-6,8-15,20,22H,7,16-19,21,23H2,1-2H3. The highest BCUT2D eigenvalue weighted by Crippen LogP contribution is 2.28. The SMILES string of the molecule is COc1cccc(CN2CCCN(c3nc(Cc4ccc(C)cc4)nc4c3cnn4-c3ccccc3)CC2)c1. The minimum atomic E-state index is 0.680. The molecule has 1 saturated heterocycles. The monoisotopic (exact) mass is 518 g/mol. The zero-order chi connectivity index (χ0) is 26.6. The molecule has 0 aliphatic carbocycles. The number of para-hydroxylation sites is 1. The van der Waals surface area contributed by atoms with Crippen molar-refractivity contribution in [3.8, 4) is 11.4 Å². The van der Waals surface area contributed by atoms with Gasteiger partial charge in [0.05, 0.1) is 24.4 Å². The van der Waals surface area contributed by atoms with Crippen molar-refractivity contribution in [2.24, 2.45) is 0 Å². The summed E-state index contributed by atoms with van der Waals surface area (Å²) < 4.78 is 7.37. The first kappa shape index (κ1) is 25.1. The second kappa shape index (κ2) is 11.3. The Labute approximate surface area is 229 Å². The Morgan fingerprint density at radius 3 is 2.49 bits per heavy atom. The van der Waals surface area contributed by atoms with Gasteiger partial charge < -0.3 is 9.64 Å². The molecule has 198 valence electrons. The first-order valence-corrected chi connectivity index (χ1v) is 13.6. The van der Waals surface area contributed by atoms with Gasteiger partial charge in [-0.3, -0.25) is 4.90 Å². The van der Waals surface area contributed by atoms with Crippen LogP contribution in [0.5, 0.6) is 5.75 Å². The number of methoxy groups -OCH3 is 1. The van der Waals surface area contributed by atoms with E-state index in [0.29, 0.717) is 6.42 Å². The fourth-order valence-electron chi connectivity index (χ4n) is 5.27. The van der Waals surface area contributed by atoms with E-state index in [2.05, 4.69) is 71.3 Å². The van der Waals surface area contributed by atoms with Crippen LogP contribution >= 0.6 is 0 Å². The summed E-state index contributed by atoms with van der Waals surface area (Å²) in [4.78, 5) is 15.1. The number of hydrogen-bond donors (Lipinski definition) is 0. The topological polar surface area (TPSA) is 59.3 Å². The molecule has 0 amide bonds. The first-order valence-electron chi connectivity index (χ1n) is 13.6. The van der Waals surface area contributed by atoms with E-state index in [1.165, 1.54) is 16.7 Å². The van der Waals surface area contributed by atoms with Crippen LogP contribution in [0.3, 0.4) is 0 Å². The summed E-state index contributed by atoms with van der Waals surface area (Å²) in [6.07, 6.45) is 3.67. The van der Waals surface area contributed by atoms with Gasteiger partial charge >= 0.3 is 0 Å². The lowest BCUT2D eigenvalue weighted by Gasteiger charge is -2.24. The van der Waals surface area contributed by atoms with Crippen LogP contribution in [-0.2, 0) is 13.0 Å². The maximum Gasteiger partial charge on any atom is 0.168 e. The molecule has 6 rings (SSSR count). The van der Waals surface area contributed by atoms with E-state index >= 15 is 0 Å². The number of anilines is 1. The van der Waals surface area contributed by atoms with Crippen LogP contribution in [0.2, 0.25) is 0 Å². The van der Waals surface area contributed by atoms with Crippen molar-refractivity contribution >= 4 is 16.9 Å². The summed E-state index contributed by atoms with van der Waals surface area (Å²) in [6, 6.07) is 27.2. The largest absolute Gasteiger partial charge is 0.497 e. The molecule has 3 aromatic carbocycles. The average Bonchev–Trinajstić information content (AvgIpc) is 3.26. The quantitative estimate of drug-likeness (QED) is 0.286. The van der Waals surface area contributed by atoms with E-state index in [0.717, 1.165) is 73.3 Å². The molecule has 0 unspecified atom stereocenters. The predicted octanol–water partition coefficient (Wildman–Crippen LogP) is 5.44. The van der Waals surface area contributed by atoms with Gasteiger partial charge in [-0.25, -0.2) is 14.6 Å². The third-order valence-electron chi connectivity index (χ3n) is 7.37. The lowest BCUT2D eigenvalue weighted by molar-refractivity contribution is 0.285. The molecule has 3 heterocycles. The number of aromatic nitrogens is 4. The number of fused-ring (bicyclic) bond motifs is 1. The Hall–Kier alpha value is -4.23. The molecule has 0 N–H and O–H groups in total. The van der Waals surface area contributed by atoms with Gasteiger partial charge in [-0.05, 0) is 48.7 Å². The molecular formula is C32H34N6O. The molecule has 39 heavy (non-hydrogen) atoms. The molecule has 0 radical (unpaired) electrons. The summed E-state index contributed by atoms with van der Waals surface area (Å²) >= 11 is 0. The van der Waals surface area contributed by atoms with Crippen molar-refractivity contribution < 1.29 is 4.74 Å². The summed E-state index contributed by atoms with van der Waals surface area (Å²) in [6.45, 7) is 6.87. The molecule has 2 aromatic heterocycles. The summed E-state index contributed by atoms with van der Waals surface area (Å²) in [5.41, 5.74) is 5.58. The zero-order valence-corrected chi connectivity index (χ0v) is 22.6. The normalized spacial score (nSPS) is 14.5. The minimum absolute atomic E-state index is 0.680. The van der Waals surface area contributed by atoms with Gasteiger partial charge in [0.15, 0.2) is 5.65 Å². The van der Waals surface area contributed by atoms with Crippen molar-refractivity contribution in [2.45, 2.75) is 26.3 Å². The van der Waals surface area contributed by atoms with Crippen LogP contribution < -0.4 is 9.64 Å². The van der Waals surface area contributed by atoms with E-state index in [9.17, 15) is 0 Å². The van der Waals surface area contributed by atoms with Crippen molar-refractivity contribution in [3.05, 3.63) is 108 Å². The van der Waals surface area contributed by atoms with Gasteiger partial charge in [0.1, 0.15) is 17.4 Å². The second-order valence-corrected chi connectivity index (χ2v) is 10.2. The van der Waals surface area contributed by atoms with Gasteiger partial charge in [-0.15, -0.1) is 0 Å². The molecule has 1 fully saturated rings. The number of hydrogen-bond acceptors (Lipinski definition) is 6. The fourth-order valence-corrected chi connectivity index (χ4v) is 5.27. The van der Waals surface area contributed by atoms with Crippen LogP contribution in [0.15, 0.2) is 85.1 Å². The lowest BCUT2D eigenvalue weighted by atomic mass is 10.1. The van der Waals surface area contributed by atoms with E-state index in [1.807, 2.05) is 35.1 Å². The van der Waals surface area contributed by atoms with Crippen LogP contribution in [0.1, 0.15) is 28.9 Å². The van der Waals surface area contributed by atoms with Crippen molar-refractivity contribution in [3.63, 3.8) is 0 Å². The number of ether oxygens (including phenoxy) is 1. The highest BCUT2D eigenvalue weighted by molar-refractivity contribution is 5.88. The molecule has 7 nitrogen and oxygen atoms in total. The Kier molecular flexibility index (Phi) is 7.23. The van der Waals surface area contributed by atoms with Crippen LogP contribution in [0.4, 0.5) is 5.82 Å². The van der Waals surface area contributed by atoms with Gasteiger partial charge in [0.2, 0.25) is 0 Å². The van der Waals surface area contributed by atoms with E-state index < -0.39 is 0 Å². The molecule has 0 bridgehead atoms. The second-order valence-electron chi connectivity index (χ2n) is 10.2. The molecular weight excluding hydrogens is 484 g/mol. The number of nitrogens with zero attached hydrogens (tertiary/aromatic N) is 6. The fraction of sp³-hybridized carbons (Fsp3) is 0.281. The number of rotatable bonds is 7. The summed E-state index contributed by atoms with van der Waals surface area (Å²) in [7, 11) is 1.72. The Morgan fingerprint density at radius 2 is 1.67 bits per heavy atom. The van der Waals surface area contributed by atoms with Crippen LogP contribution in [0, 0.1) is 6.92 Å². The average molecular weight is 519 g/mol. The maximum absolute atomic E-state index is 5.43. The van der Waals surface area contributed by atoms with Gasteiger partial charge in [0.25, 0.3) is 0 Å². The smallest absolute Gasteiger partial charge is 0.168 e. The highest BCUT2D eigenvalue weighted by atomic mass is 16.5. The van der Waals surface area contributed by atoms with Gasteiger partial charge in [-0.1, -0.05) is 60.2 Å². The highest BCUT2D eigenvalue weighted by Gasteiger charge is 2.22. The molecule has 5 aromatic rings. The molecule has 7 heteroatoms. The van der Waals surface area contributed by atoms with Gasteiger partial charge in [0, 0.05) is 39.1 Å². The van der Waals surface area contributed by atoms with Crippen molar-refractivity contribution in [1.29, 1.82) is 0 Å². The van der Waals surface area contributed by atoms with E-state index in [1.54, 1.807) is 7.11 Å². The third kappa shape index (κ3) is 5.64. The molecule has 0 saturated carbocycles. The van der Waals surface area contributed by atoms with Crippen molar-refractivity contribution in [2.75, 3.05) is 38.2 Å². The van der Waals surface area contributed by atoms with Gasteiger partial charge in [-0.2, -0.15) is 5.10 Å². The molecule has 1 aliphatic rings. The predicted molar refractivity (Wildman–Crippen MR) is 156 cm³/mol. The zero-order valence-electron chi connectivity index (χ0n) is 22.6. The molecule has 0 atom stereocenters. The maximum atomic E-state index is 5.43. The summed E-state index contributed by atoms with van der Waals surface area (Å²) in [5.74, 6) is 2.70.